The van der Waals surface area contributed by atoms with Gasteiger partial charge in [-0.3, -0.25) is 4.79 Å². The normalized spacial score (nSPS) is 10.5. The summed E-state index contributed by atoms with van der Waals surface area (Å²) in [7, 11) is 0. The number of hydrogen-bond acceptors (Lipinski definition) is 3. The smallest absolute Gasteiger partial charge is 0.260 e. The lowest BCUT2D eigenvalue weighted by atomic mass is 10.2. The first-order chi connectivity index (χ1) is 10.2. The second kappa shape index (κ2) is 5.97. The van der Waals surface area contributed by atoms with Gasteiger partial charge in [0.05, 0.1) is 24.6 Å². The second-order valence-corrected chi connectivity index (χ2v) is 5.39. The Balaban J connectivity index is 1.76. The minimum absolute atomic E-state index is 0.222. The van der Waals surface area contributed by atoms with E-state index < -0.39 is 0 Å². The molecular weight excluding hydrogens is 334 g/mol. The molecule has 0 spiro atoms. The van der Waals surface area contributed by atoms with E-state index in [1.54, 1.807) is 23.0 Å². The lowest BCUT2D eigenvalue weighted by Crippen LogP contribution is -2.15. The fourth-order valence-electron chi connectivity index (χ4n) is 1.96. The Labute approximate surface area is 129 Å². The van der Waals surface area contributed by atoms with Gasteiger partial charge < -0.3 is 9.73 Å². The number of anilines is 1. The summed E-state index contributed by atoms with van der Waals surface area (Å²) in [6.07, 6.45) is 4.53. The second-order valence-electron chi connectivity index (χ2n) is 4.47. The topological polar surface area (TPSA) is 60.1 Å². The molecule has 0 unspecified atom stereocenters. The highest BCUT2D eigenvalue weighted by Crippen LogP contribution is 2.15. The number of aromatic nitrogens is 2. The molecule has 0 saturated carbocycles. The number of furan rings is 1. The number of nitrogens with one attached hydrogen (secondary N) is 1. The summed E-state index contributed by atoms with van der Waals surface area (Å²) < 4.78 is 7.65. The largest absolute Gasteiger partial charge is 0.472 e. The van der Waals surface area contributed by atoms with Crippen LogP contribution in [0.5, 0.6) is 0 Å². The Hall–Kier alpha value is -2.34. The number of rotatable bonds is 4. The predicted octanol–water partition coefficient (Wildman–Crippen LogP) is 3.54. The number of nitrogens with zero attached hydrogens (tertiary/aromatic N) is 2. The summed E-state index contributed by atoms with van der Waals surface area (Å²) in [5, 5.41) is 7.06. The summed E-state index contributed by atoms with van der Waals surface area (Å²) in [5.41, 5.74) is 1.57. The van der Waals surface area contributed by atoms with Crippen molar-refractivity contribution >= 4 is 27.7 Å². The van der Waals surface area contributed by atoms with Crippen LogP contribution in [0.1, 0.15) is 15.9 Å². The van der Waals surface area contributed by atoms with Crippen LogP contribution in [-0.2, 0) is 6.54 Å². The predicted molar refractivity (Wildman–Crippen MR) is 82.1 cm³/mol. The lowest BCUT2D eigenvalue weighted by molar-refractivity contribution is 0.102. The molecule has 1 N–H and O–H groups in total. The van der Waals surface area contributed by atoms with Crippen LogP contribution in [0.25, 0.3) is 0 Å². The first-order valence-corrected chi connectivity index (χ1v) is 7.11. The molecule has 0 aliphatic heterocycles. The Morgan fingerprint density at radius 2 is 2.24 bits per heavy atom. The molecule has 3 rings (SSSR count). The summed E-state index contributed by atoms with van der Waals surface area (Å²) >= 11 is 3.44. The van der Waals surface area contributed by atoms with Crippen LogP contribution in [-0.4, -0.2) is 15.7 Å². The van der Waals surface area contributed by atoms with E-state index >= 15 is 0 Å². The molecule has 0 atom stereocenters. The van der Waals surface area contributed by atoms with E-state index in [1.165, 1.54) is 12.5 Å². The zero-order chi connectivity index (χ0) is 14.7. The van der Waals surface area contributed by atoms with Gasteiger partial charge in [0, 0.05) is 10.5 Å². The molecule has 2 heterocycles. The molecule has 1 amide bonds. The zero-order valence-corrected chi connectivity index (χ0v) is 12.6. The number of carbonyl (C=O) groups is 1. The lowest BCUT2D eigenvalue weighted by Gasteiger charge is -2.08. The average Bonchev–Trinajstić information content (AvgIpc) is 3.11. The maximum atomic E-state index is 12.0. The molecule has 1 aromatic carbocycles. The number of benzene rings is 1. The summed E-state index contributed by atoms with van der Waals surface area (Å²) in [6, 6.07) is 11.3. The van der Waals surface area contributed by atoms with Crippen LogP contribution in [0.4, 0.5) is 5.82 Å². The van der Waals surface area contributed by atoms with E-state index in [0.717, 1.165) is 10.0 Å². The van der Waals surface area contributed by atoms with Crippen molar-refractivity contribution in [3.8, 4) is 0 Å². The number of amides is 1. The van der Waals surface area contributed by atoms with Gasteiger partial charge in [-0.05, 0) is 23.8 Å². The van der Waals surface area contributed by atoms with E-state index in [9.17, 15) is 4.79 Å². The quantitative estimate of drug-likeness (QED) is 0.786. The molecule has 5 nitrogen and oxygen atoms in total. The fraction of sp³-hybridized carbons (Fsp3) is 0.0667. The molecular formula is C15H12BrN3O2. The number of hydrogen-bond donors (Lipinski definition) is 1. The van der Waals surface area contributed by atoms with Gasteiger partial charge in [-0.15, -0.1) is 0 Å². The van der Waals surface area contributed by atoms with Crippen molar-refractivity contribution in [1.82, 2.24) is 9.78 Å². The maximum Gasteiger partial charge on any atom is 0.260 e. The van der Waals surface area contributed by atoms with Crippen LogP contribution < -0.4 is 5.32 Å². The van der Waals surface area contributed by atoms with E-state index in [-0.39, 0.29) is 5.91 Å². The van der Waals surface area contributed by atoms with Crippen molar-refractivity contribution in [3.63, 3.8) is 0 Å². The fourth-order valence-corrected chi connectivity index (χ4v) is 2.40. The van der Waals surface area contributed by atoms with Crippen molar-refractivity contribution in [1.29, 1.82) is 0 Å². The molecule has 0 aliphatic carbocycles. The minimum Gasteiger partial charge on any atom is -0.472 e. The van der Waals surface area contributed by atoms with E-state index in [2.05, 4.69) is 26.3 Å². The Bertz CT molecular complexity index is 750. The zero-order valence-electron chi connectivity index (χ0n) is 11.0. The van der Waals surface area contributed by atoms with Gasteiger partial charge >= 0.3 is 0 Å². The summed E-state index contributed by atoms with van der Waals surface area (Å²) in [5.74, 6) is 0.418. The summed E-state index contributed by atoms with van der Waals surface area (Å²) in [6.45, 7) is 0.577. The van der Waals surface area contributed by atoms with Crippen molar-refractivity contribution < 1.29 is 9.21 Å². The van der Waals surface area contributed by atoms with E-state index in [1.807, 2.05) is 24.3 Å². The minimum atomic E-state index is -0.222. The molecule has 2 aromatic heterocycles. The first-order valence-electron chi connectivity index (χ1n) is 6.32. The van der Waals surface area contributed by atoms with Crippen molar-refractivity contribution in [2.24, 2.45) is 0 Å². The van der Waals surface area contributed by atoms with Gasteiger partial charge in [0.25, 0.3) is 5.91 Å². The molecule has 0 saturated heterocycles. The molecule has 0 bridgehead atoms. The highest BCUT2D eigenvalue weighted by Gasteiger charge is 2.10. The van der Waals surface area contributed by atoms with Gasteiger partial charge in [0.15, 0.2) is 0 Å². The van der Waals surface area contributed by atoms with Gasteiger partial charge in [0.2, 0.25) is 0 Å². The molecule has 0 aliphatic rings. The molecule has 0 radical (unpaired) electrons. The average molecular weight is 346 g/mol. The van der Waals surface area contributed by atoms with Gasteiger partial charge in [0.1, 0.15) is 12.1 Å². The molecule has 21 heavy (non-hydrogen) atoms. The molecule has 0 fully saturated rings. The van der Waals surface area contributed by atoms with Crippen LogP contribution in [0.2, 0.25) is 0 Å². The Morgan fingerprint density at radius 1 is 1.33 bits per heavy atom. The van der Waals surface area contributed by atoms with Crippen LogP contribution in [0, 0.1) is 0 Å². The molecule has 106 valence electrons. The third-order valence-corrected chi connectivity index (χ3v) is 3.46. The van der Waals surface area contributed by atoms with Crippen molar-refractivity contribution in [2.75, 3.05) is 5.32 Å². The van der Waals surface area contributed by atoms with Crippen LogP contribution >= 0.6 is 15.9 Å². The van der Waals surface area contributed by atoms with Crippen LogP contribution in [0.15, 0.2) is 64.0 Å². The first kappa shape index (κ1) is 13.6. The van der Waals surface area contributed by atoms with E-state index in [4.69, 9.17) is 4.42 Å². The number of halogens is 1. The molecule has 3 aromatic rings. The number of carbonyl (C=O) groups excluding carboxylic acids is 1. The molecule has 6 heteroatoms. The van der Waals surface area contributed by atoms with Crippen molar-refractivity contribution in [2.45, 2.75) is 6.54 Å². The monoisotopic (exact) mass is 345 g/mol. The van der Waals surface area contributed by atoms with E-state index in [0.29, 0.717) is 17.9 Å². The Kier molecular flexibility index (Phi) is 3.87. The van der Waals surface area contributed by atoms with Gasteiger partial charge in [-0.25, -0.2) is 4.68 Å². The van der Waals surface area contributed by atoms with Crippen molar-refractivity contribution in [3.05, 3.63) is 70.7 Å². The SMILES string of the molecule is O=C(Nc1ccnn1Cc1cccc(Br)c1)c1ccoc1. The van der Waals surface area contributed by atoms with Gasteiger partial charge in [-0.2, -0.15) is 5.10 Å². The van der Waals surface area contributed by atoms with Crippen LogP contribution in [0.3, 0.4) is 0 Å². The maximum absolute atomic E-state index is 12.0. The standard InChI is InChI=1S/C15H12BrN3O2/c16-13-3-1-2-11(8-13)9-19-14(4-6-17-19)18-15(20)12-5-7-21-10-12/h1-8,10H,9H2,(H,18,20). The highest BCUT2D eigenvalue weighted by molar-refractivity contribution is 9.10. The third-order valence-electron chi connectivity index (χ3n) is 2.96. The van der Waals surface area contributed by atoms with Gasteiger partial charge in [-0.1, -0.05) is 28.1 Å². The Morgan fingerprint density at radius 3 is 3.00 bits per heavy atom. The highest BCUT2D eigenvalue weighted by atomic mass is 79.9. The third kappa shape index (κ3) is 3.22. The summed E-state index contributed by atoms with van der Waals surface area (Å²) in [4.78, 5) is 12.0.